The van der Waals surface area contributed by atoms with Crippen molar-refractivity contribution in [3.63, 3.8) is 0 Å². The molecule has 0 aromatic carbocycles. The van der Waals surface area contributed by atoms with Gasteiger partial charge in [-0.1, -0.05) is 0 Å². The normalized spacial score (nSPS) is 8.78. The first-order valence-electron chi connectivity index (χ1n) is 1.27. The molecular weight excluding hydrogens is 188 g/mol. The smallest absolute Gasteiger partial charge is 0.660 e. The summed E-state index contributed by atoms with van der Waals surface area (Å²) in [6.07, 6.45) is -4.97. The number of rotatable bonds is 0. The third-order valence-corrected chi connectivity index (χ3v) is 0.257. The SMILES string of the molecule is [CH3-].[NH-]C(=O)C(F)(F)F.[Zn+2]. The molecule has 0 saturated heterocycles. The van der Waals surface area contributed by atoms with Crippen molar-refractivity contribution in [3.05, 3.63) is 13.2 Å². The van der Waals surface area contributed by atoms with Crippen LogP contribution in [0, 0.1) is 7.43 Å². The van der Waals surface area contributed by atoms with E-state index < -0.39 is 12.1 Å². The average Bonchev–Trinajstić information content (AvgIpc) is 1.31. The summed E-state index contributed by atoms with van der Waals surface area (Å²) in [5.41, 5.74) is 5.47. The quantitative estimate of drug-likeness (QED) is 0.424. The third-order valence-electron chi connectivity index (χ3n) is 0.257. The maximum Gasteiger partial charge on any atom is 2.00 e. The second-order valence-electron chi connectivity index (χ2n) is 0.827. The van der Waals surface area contributed by atoms with Gasteiger partial charge in [0.15, 0.2) is 5.91 Å². The number of carbonyl (C=O) groups excluding carboxylic acids is 1. The van der Waals surface area contributed by atoms with Gasteiger partial charge in [-0.2, -0.15) is 13.2 Å². The Morgan fingerprint density at radius 1 is 1.33 bits per heavy atom. The Balaban J connectivity index is -0.000000180. The van der Waals surface area contributed by atoms with Crippen molar-refractivity contribution in [2.24, 2.45) is 0 Å². The van der Waals surface area contributed by atoms with E-state index in [4.69, 9.17) is 10.5 Å². The molecule has 0 radical (unpaired) electrons. The van der Waals surface area contributed by atoms with E-state index in [1.54, 1.807) is 0 Å². The molecule has 0 saturated carbocycles. The zero-order chi connectivity index (χ0) is 6.08. The van der Waals surface area contributed by atoms with Crippen LogP contribution in [-0.4, -0.2) is 12.1 Å². The molecular formula is C3H4F3NOZn. The monoisotopic (exact) mass is 191 g/mol. The van der Waals surface area contributed by atoms with E-state index in [2.05, 4.69) is 0 Å². The maximum atomic E-state index is 10.6. The van der Waals surface area contributed by atoms with E-state index in [-0.39, 0.29) is 26.9 Å². The summed E-state index contributed by atoms with van der Waals surface area (Å²) in [5, 5.41) is 0. The number of halogens is 3. The zero-order valence-electron chi connectivity index (χ0n) is 4.75. The van der Waals surface area contributed by atoms with Crippen molar-refractivity contribution in [2.75, 3.05) is 0 Å². The molecule has 0 aliphatic heterocycles. The van der Waals surface area contributed by atoms with E-state index >= 15 is 0 Å². The molecule has 0 unspecified atom stereocenters. The maximum absolute atomic E-state index is 10.6. The van der Waals surface area contributed by atoms with Crippen molar-refractivity contribution < 1.29 is 37.4 Å². The van der Waals surface area contributed by atoms with Crippen molar-refractivity contribution in [3.8, 4) is 0 Å². The largest absolute Gasteiger partial charge is 2.00 e. The topological polar surface area (TPSA) is 40.9 Å². The van der Waals surface area contributed by atoms with Crippen molar-refractivity contribution in [1.29, 1.82) is 0 Å². The molecule has 0 heterocycles. The van der Waals surface area contributed by atoms with Crippen LogP contribution < -0.4 is 0 Å². The van der Waals surface area contributed by atoms with Crippen LogP contribution in [0.4, 0.5) is 13.2 Å². The summed E-state index contributed by atoms with van der Waals surface area (Å²) < 4.78 is 31.9. The van der Waals surface area contributed by atoms with Gasteiger partial charge < -0.3 is 18.0 Å². The molecule has 0 aliphatic carbocycles. The number of hydrogen-bond donors (Lipinski definition) is 0. The fraction of sp³-hybridized carbons (Fsp3) is 0.333. The predicted octanol–water partition coefficient (Wildman–Crippen LogP) is 1.58. The average molecular weight is 192 g/mol. The van der Waals surface area contributed by atoms with Crippen LogP contribution in [-0.2, 0) is 24.3 Å². The van der Waals surface area contributed by atoms with Crippen molar-refractivity contribution in [1.82, 2.24) is 0 Å². The number of carbonyl (C=O) groups is 1. The molecule has 0 aromatic rings. The van der Waals surface area contributed by atoms with Gasteiger partial charge >= 0.3 is 25.7 Å². The number of hydrogen-bond acceptors (Lipinski definition) is 1. The second kappa shape index (κ2) is 4.73. The van der Waals surface area contributed by atoms with Crippen molar-refractivity contribution >= 4 is 5.91 Å². The van der Waals surface area contributed by atoms with Crippen LogP contribution in [0.3, 0.4) is 0 Å². The minimum absolute atomic E-state index is 0. The van der Waals surface area contributed by atoms with E-state index in [0.717, 1.165) is 0 Å². The number of nitrogens with one attached hydrogen (secondary N) is 1. The molecule has 1 amide bonds. The molecule has 0 fully saturated rings. The first kappa shape index (κ1) is 15.9. The van der Waals surface area contributed by atoms with Crippen LogP contribution in [0.2, 0.25) is 0 Å². The van der Waals surface area contributed by atoms with Crippen molar-refractivity contribution in [2.45, 2.75) is 6.18 Å². The van der Waals surface area contributed by atoms with E-state index in [1.807, 2.05) is 0 Å². The number of amides is 1. The van der Waals surface area contributed by atoms with Gasteiger partial charge in [0.05, 0.1) is 0 Å². The molecule has 2 nitrogen and oxygen atoms in total. The first-order valence-corrected chi connectivity index (χ1v) is 1.27. The molecule has 0 spiro atoms. The second-order valence-corrected chi connectivity index (χ2v) is 0.827. The van der Waals surface area contributed by atoms with Gasteiger partial charge in [-0.05, 0) is 0 Å². The minimum Gasteiger partial charge on any atom is -0.660 e. The van der Waals surface area contributed by atoms with Crippen LogP contribution in [0.5, 0.6) is 0 Å². The number of alkyl halides is 3. The van der Waals surface area contributed by atoms with Crippen LogP contribution in [0.15, 0.2) is 0 Å². The molecule has 0 bridgehead atoms. The summed E-state index contributed by atoms with van der Waals surface area (Å²) in [6.45, 7) is 0. The third kappa shape index (κ3) is 7.88. The summed E-state index contributed by atoms with van der Waals surface area (Å²) in [7, 11) is 0. The Kier molecular flexibility index (Phi) is 8.39. The summed E-state index contributed by atoms with van der Waals surface area (Å²) in [4.78, 5) is 9.01. The summed E-state index contributed by atoms with van der Waals surface area (Å²) >= 11 is 0. The minimum atomic E-state index is -4.97. The molecule has 9 heavy (non-hydrogen) atoms. The molecule has 1 N–H and O–H groups in total. The fourth-order valence-corrected chi connectivity index (χ4v) is 0. The molecule has 0 rings (SSSR count). The van der Waals surface area contributed by atoms with Crippen LogP contribution >= 0.6 is 0 Å². The Bertz CT molecular complexity index is 91.5. The Morgan fingerprint density at radius 3 is 1.44 bits per heavy atom. The van der Waals surface area contributed by atoms with E-state index in [1.165, 1.54) is 0 Å². The van der Waals surface area contributed by atoms with E-state index in [0.29, 0.717) is 0 Å². The van der Waals surface area contributed by atoms with Crippen LogP contribution in [0.25, 0.3) is 5.73 Å². The molecule has 0 atom stereocenters. The molecule has 0 aromatic heterocycles. The van der Waals surface area contributed by atoms with Crippen LogP contribution in [0.1, 0.15) is 0 Å². The summed E-state index contributed by atoms with van der Waals surface area (Å²) in [6, 6.07) is 0. The molecule has 6 heteroatoms. The van der Waals surface area contributed by atoms with Gasteiger partial charge in [-0.25, -0.2) is 0 Å². The van der Waals surface area contributed by atoms with Gasteiger partial charge in [-0.15, -0.1) is 0 Å². The van der Waals surface area contributed by atoms with Gasteiger partial charge in [0.25, 0.3) is 0 Å². The Hall–Kier alpha value is -0.117. The van der Waals surface area contributed by atoms with Gasteiger partial charge in [-0.3, -0.25) is 0 Å². The summed E-state index contributed by atoms with van der Waals surface area (Å²) in [5.74, 6) is -2.51. The zero-order valence-corrected chi connectivity index (χ0v) is 7.72. The standard InChI is InChI=1S/C2H2F3NO.CH3.Zn/c3-2(4,5)1(6)7;;/h(H2,6,7);1H3;/q;-1;+2/p-1. The van der Waals surface area contributed by atoms with Gasteiger partial charge in [0.2, 0.25) is 0 Å². The molecule has 0 aliphatic rings. The Morgan fingerprint density at radius 2 is 1.44 bits per heavy atom. The van der Waals surface area contributed by atoms with Gasteiger partial charge in [0, 0.05) is 0 Å². The molecule has 50 valence electrons. The fourth-order valence-electron chi connectivity index (χ4n) is 0. The van der Waals surface area contributed by atoms with E-state index in [9.17, 15) is 13.2 Å². The van der Waals surface area contributed by atoms with Gasteiger partial charge in [0.1, 0.15) is 0 Å². The predicted molar refractivity (Wildman–Crippen MR) is 21.8 cm³/mol. The first-order chi connectivity index (χ1) is 2.94. The Labute approximate surface area is 63.4 Å².